The molecule has 4 nitrogen and oxygen atoms in total. The maximum absolute atomic E-state index is 12.3. The van der Waals surface area contributed by atoms with Gasteiger partial charge in [-0.1, -0.05) is 18.5 Å². The van der Waals surface area contributed by atoms with Crippen molar-refractivity contribution in [3.05, 3.63) is 23.2 Å². The Morgan fingerprint density at radius 3 is 2.94 bits per heavy atom. The Labute approximate surface area is 106 Å². The SMILES string of the molecule is CC1CCCN(C(=O)c2cncc(Cl)n2)C1C. The highest BCUT2D eigenvalue weighted by molar-refractivity contribution is 6.29. The van der Waals surface area contributed by atoms with E-state index in [9.17, 15) is 4.79 Å². The number of halogens is 1. The Kier molecular flexibility index (Phi) is 3.62. The van der Waals surface area contributed by atoms with Crippen molar-refractivity contribution in [3.8, 4) is 0 Å². The predicted octanol–water partition coefficient (Wildman–Crippen LogP) is 2.39. The van der Waals surface area contributed by atoms with Crippen LogP contribution in [0.3, 0.4) is 0 Å². The second-order valence-electron chi connectivity index (χ2n) is 4.59. The number of aromatic nitrogens is 2. The number of nitrogens with zero attached hydrogens (tertiary/aromatic N) is 3. The third kappa shape index (κ3) is 2.57. The lowest BCUT2D eigenvalue weighted by Gasteiger charge is -2.37. The molecule has 0 saturated carbocycles. The van der Waals surface area contributed by atoms with Crippen molar-refractivity contribution >= 4 is 17.5 Å². The molecule has 1 aliphatic rings. The number of likely N-dealkylation sites (tertiary alicyclic amines) is 1. The average molecular weight is 254 g/mol. The van der Waals surface area contributed by atoms with Crippen molar-refractivity contribution in [2.45, 2.75) is 32.7 Å². The molecule has 2 unspecified atom stereocenters. The van der Waals surface area contributed by atoms with E-state index in [0.717, 1.165) is 13.0 Å². The summed E-state index contributed by atoms with van der Waals surface area (Å²) in [6.45, 7) is 5.05. The summed E-state index contributed by atoms with van der Waals surface area (Å²) in [7, 11) is 0. The van der Waals surface area contributed by atoms with E-state index in [2.05, 4.69) is 23.8 Å². The van der Waals surface area contributed by atoms with Gasteiger partial charge in [-0.3, -0.25) is 9.78 Å². The highest BCUT2D eigenvalue weighted by Gasteiger charge is 2.29. The topological polar surface area (TPSA) is 46.1 Å². The summed E-state index contributed by atoms with van der Waals surface area (Å²) < 4.78 is 0. The molecule has 92 valence electrons. The molecule has 0 aromatic carbocycles. The molecule has 0 N–H and O–H groups in total. The van der Waals surface area contributed by atoms with E-state index in [4.69, 9.17) is 11.6 Å². The van der Waals surface area contributed by atoms with Gasteiger partial charge in [0.2, 0.25) is 0 Å². The lowest BCUT2D eigenvalue weighted by Crippen LogP contribution is -2.46. The van der Waals surface area contributed by atoms with E-state index in [1.807, 2.05) is 4.90 Å². The van der Waals surface area contributed by atoms with Crippen molar-refractivity contribution in [1.82, 2.24) is 14.9 Å². The van der Waals surface area contributed by atoms with Gasteiger partial charge in [0.1, 0.15) is 10.8 Å². The number of hydrogen-bond acceptors (Lipinski definition) is 3. The van der Waals surface area contributed by atoms with Crippen LogP contribution in [-0.2, 0) is 0 Å². The monoisotopic (exact) mass is 253 g/mol. The molecule has 0 radical (unpaired) electrons. The second kappa shape index (κ2) is 5.00. The van der Waals surface area contributed by atoms with Gasteiger partial charge in [0, 0.05) is 12.6 Å². The van der Waals surface area contributed by atoms with Gasteiger partial charge < -0.3 is 4.90 Å². The van der Waals surface area contributed by atoms with Gasteiger partial charge >= 0.3 is 0 Å². The summed E-state index contributed by atoms with van der Waals surface area (Å²) in [5, 5.41) is 0.258. The first-order valence-corrected chi connectivity index (χ1v) is 6.26. The van der Waals surface area contributed by atoms with Crippen molar-refractivity contribution in [2.75, 3.05) is 6.54 Å². The lowest BCUT2D eigenvalue weighted by molar-refractivity contribution is 0.0544. The van der Waals surface area contributed by atoms with Gasteiger partial charge in [0.05, 0.1) is 12.4 Å². The molecule has 2 atom stereocenters. The number of rotatable bonds is 1. The summed E-state index contributed by atoms with van der Waals surface area (Å²) in [6, 6.07) is 0.247. The molecule has 0 aliphatic carbocycles. The Hall–Kier alpha value is -1.16. The third-order valence-electron chi connectivity index (χ3n) is 3.46. The zero-order valence-corrected chi connectivity index (χ0v) is 10.8. The van der Waals surface area contributed by atoms with Gasteiger partial charge in [0.25, 0.3) is 5.91 Å². The molecule has 1 fully saturated rings. The molecule has 2 rings (SSSR count). The maximum atomic E-state index is 12.3. The van der Waals surface area contributed by atoms with Crippen LogP contribution >= 0.6 is 11.6 Å². The quantitative estimate of drug-likeness (QED) is 0.772. The van der Waals surface area contributed by atoms with E-state index in [-0.39, 0.29) is 17.1 Å². The maximum Gasteiger partial charge on any atom is 0.274 e. The van der Waals surface area contributed by atoms with Gasteiger partial charge in [-0.2, -0.15) is 0 Å². The van der Waals surface area contributed by atoms with Crippen LogP contribution in [0.2, 0.25) is 5.15 Å². The molecule has 0 spiro atoms. The van der Waals surface area contributed by atoms with Crippen molar-refractivity contribution in [1.29, 1.82) is 0 Å². The molecule has 1 saturated heterocycles. The summed E-state index contributed by atoms with van der Waals surface area (Å²) in [4.78, 5) is 22.1. The normalized spacial score (nSPS) is 24.8. The minimum absolute atomic E-state index is 0.0703. The standard InChI is InChI=1S/C12H16ClN3O/c1-8-4-3-5-16(9(8)2)12(17)10-6-14-7-11(13)15-10/h6-9H,3-5H2,1-2H3. The van der Waals surface area contributed by atoms with Crippen molar-refractivity contribution < 1.29 is 4.79 Å². The molecule has 1 aromatic heterocycles. The summed E-state index contributed by atoms with van der Waals surface area (Å²) >= 11 is 5.75. The largest absolute Gasteiger partial charge is 0.334 e. The fourth-order valence-electron chi connectivity index (χ4n) is 2.21. The van der Waals surface area contributed by atoms with E-state index < -0.39 is 0 Å². The van der Waals surface area contributed by atoms with Crippen LogP contribution in [0.1, 0.15) is 37.2 Å². The first kappa shape index (κ1) is 12.3. The van der Waals surface area contributed by atoms with Crippen LogP contribution in [0.4, 0.5) is 0 Å². The van der Waals surface area contributed by atoms with Crippen LogP contribution in [0.25, 0.3) is 0 Å². The Morgan fingerprint density at radius 1 is 1.47 bits per heavy atom. The minimum Gasteiger partial charge on any atom is -0.334 e. The van der Waals surface area contributed by atoms with Crippen LogP contribution in [0.15, 0.2) is 12.4 Å². The number of amides is 1. The van der Waals surface area contributed by atoms with Gasteiger partial charge in [-0.15, -0.1) is 0 Å². The molecule has 5 heteroatoms. The predicted molar refractivity (Wildman–Crippen MR) is 65.9 cm³/mol. The summed E-state index contributed by atoms with van der Waals surface area (Å²) in [5.74, 6) is 0.457. The van der Waals surface area contributed by atoms with Crippen molar-refractivity contribution in [2.24, 2.45) is 5.92 Å². The van der Waals surface area contributed by atoms with Gasteiger partial charge in [-0.25, -0.2) is 4.98 Å². The van der Waals surface area contributed by atoms with E-state index >= 15 is 0 Å². The third-order valence-corrected chi connectivity index (χ3v) is 3.64. The molecule has 2 heterocycles. The highest BCUT2D eigenvalue weighted by Crippen LogP contribution is 2.24. The zero-order chi connectivity index (χ0) is 12.4. The number of carbonyl (C=O) groups excluding carboxylic acids is 1. The average Bonchev–Trinajstić information content (AvgIpc) is 2.32. The summed E-state index contributed by atoms with van der Waals surface area (Å²) in [5.41, 5.74) is 0.332. The van der Waals surface area contributed by atoms with Crippen LogP contribution in [0, 0.1) is 5.92 Å². The molecule has 0 bridgehead atoms. The first-order valence-electron chi connectivity index (χ1n) is 5.88. The van der Waals surface area contributed by atoms with Gasteiger partial charge in [0.15, 0.2) is 0 Å². The molecular weight excluding hydrogens is 238 g/mol. The second-order valence-corrected chi connectivity index (χ2v) is 4.97. The van der Waals surface area contributed by atoms with Crippen LogP contribution in [-0.4, -0.2) is 33.4 Å². The van der Waals surface area contributed by atoms with E-state index in [1.165, 1.54) is 18.8 Å². The highest BCUT2D eigenvalue weighted by atomic mass is 35.5. The van der Waals surface area contributed by atoms with Crippen LogP contribution in [0.5, 0.6) is 0 Å². The number of carbonyl (C=O) groups is 1. The molecule has 17 heavy (non-hydrogen) atoms. The lowest BCUT2D eigenvalue weighted by atomic mass is 9.92. The van der Waals surface area contributed by atoms with Crippen molar-refractivity contribution in [3.63, 3.8) is 0 Å². The summed E-state index contributed by atoms with van der Waals surface area (Å²) in [6.07, 6.45) is 5.12. The van der Waals surface area contributed by atoms with E-state index in [1.54, 1.807) is 0 Å². The van der Waals surface area contributed by atoms with Gasteiger partial charge in [-0.05, 0) is 25.7 Å². The molecule has 1 aromatic rings. The smallest absolute Gasteiger partial charge is 0.274 e. The number of hydrogen-bond donors (Lipinski definition) is 0. The van der Waals surface area contributed by atoms with Crippen LogP contribution < -0.4 is 0 Å². The first-order chi connectivity index (χ1) is 8.09. The Balaban J connectivity index is 2.19. The molecule has 1 amide bonds. The minimum atomic E-state index is -0.0703. The fraction of sp³-hybridized carbons (Fsp3) is 0.583. The Morgan fingerprint density at radius 2 is 2.24 bits per heavy atom. The fourth-order valence-corrected chi connectivity index (χ4v) is 2.36. The molecule has 1 aliphatic heterocycles. The van der Waals surface area contributed by atoms with E-state index in [0.29, 0.717) is 11.6 Å². The Bertz CT molecular complexity index is 424. The zero-order valence-electron chi connectivity index (χ0n) is 10.1. The molecular formula is C12H16ClN3O. The number of piperidine rings is 1.